The molecule has 2 aliphatic rings. The summed E-state index contributed by atoms with van der Waals surface area (Å²) in [7, 11) is 1.72. The smallest absolute Gasteiger partial charge is 0.223 e. The summed E-state index contributed by atoms with van der Waals surface area (Å²) in [4.78, 5) is 17.3. The molecule has 1 aromatic carbocycles. The zero-order chi connectivity index (χ0) is 17.3. The number of imidazole rings is 1. The van der Waals surface area contributed by atoms with Gasteiger partial charge in [-0.05, 0) is 32.1 Å². The Labute approximate surface area is 148 Å². The number of ether oxygens (including phenoxy) is 1. The third-order valence-electron chi connectivity index (χ3n) is 5.66. The molecule has 1 aliphatic heterocycles. The summed E-state index contributed by atoms with van der Waals surface area (Å²) < 4.78 is 7.79. The van der Waals surface area contributed by atoms with Gasteiger partial charge in [-0.3, -0.25) is 4.79 Å². The minimum absolute atomic E-state index is 0.0212. The van der Waals surface area contributed by atoms with Gasteiger partial charge in [-0.2, -0.15) is 0 Å². The van der Waals surface area contributed by atoms with Crippen LogP contribution < -0.4 is 5.32 Å². The van der Waals surface area contributed by atoms with Gasteiger partial charge in [-0.1, -0.05) is 30.3 Å². The number of aryl methyl sites for hydroxylation is 1. The van der Waals surface area contributed by atoms with Gasteiger partial charge in [-0.25, -0.2) is 4.98 Å². The molecule has 1 aromatic heterocycles. The van der Waals surface area contributed by atoms with E-state index in [4.69, 9.17) is 4.74 Å². The maximum atomic E-state index is 12.6. The number of hydrogen-bond donors (Lipinski definition) is 1. The second kappa shape index (κ2) is 6.64. The van der Waals surface area contributed by atoms with Crippen molar-refractivity contribution in [3.63, 3.8) is 0 Å². The molecule has 1 aliphatic carbocycles. The minimum atomic E-state index is -0.235. The number of nitrogens with one attached hydrogen (secondary N) is 1. The second-order valence-corrected chi connectivity index (χ2v) is 7.22. The molecule has 1 amide bonds. The van der Waals surface area contributed by atoms with Crippen molar-refractivity contribution in [2.24, 2.45) is 0 Å². The van der Waals surface area contributed by atoms with E-state index in [9.17, 15) is 4.79 Å². The van der Waals surface area contributed by atoms with E-state index in [0.717, 1.165) is 55.6 Å². The fourth-order valence-electron chi connectivity index (χ4n) is 4.06. The number of nitrogens with zero attached hydrogens (tertiary/aromatic N) is 2. The Morgan fingerprint density at radius 2 is 2.12 bits per heavy atom. The van der Waals surface area contributed by atoms with Crippen LogP contribution in [0.3, 0.4) is 0 Å². The Bertz CT molecular complexity index is 744. The fourth-order valence-corrected chi connectivity index (χ4v) is 4.06. The maximum absolute atomic E-state index is 12.6. The Hall–Kier alpha value is -2.14. The van der Waals surface area contributed by atoms with E-state index in [1.165, 1.54) is 0 Å². The first kappa shape index (κ1) is 16.3. The molecule has 2 aromatic rings. The van der Waals surface area contributed by atoms with Crippen LogP contribution in [0.2, 0.25) is 0 Å². The first-order valence-electron chi connectivity index (χ1n) is 9.16. The number of benzene rings is 1. The van der Waals surface area contributed by atoms with Crippen molar-refractivity contribution in [1.82, 2.24) is 14.9 Å². The number of amides is 1. The van der Waals surface area contributed by atoms with Gasteiger partial charge in [0.25, 0.3) is 0 Å². The van der Waals surface area contributed by atoms with Crippen molar-refractivity contribution in [3.05, 3.63) is 42.4 Å². The van der Waals surface area contributed by atoms with Gasteiger partial charge < -0.3 is 14.6 Å². The molecule has 2 heterocycles. The van der Waals surface area contributed by atoms with Crippen LogP contribution in [0.1, 0.15) is 50.3 Å². The predicted octanol–water partition coefficient (Wildman–Crippen LogP) is 3.46. The number of aromatic nitrogens is 2. The van der Waals surface area contributed by atoms with Crippen molar-refractivity contribution in [2.45, 2.75) is 56.7 Å². The molecule has 4 rings (SSSR count). The lowest BCUT2D eigenvalue weighted by atomic mass is 9.77. The lowest BCUT2D eigenvalue weighted by Gasteiger charge is -2.40. The molecule has 25 heavy (non-hydrogen) atoms. The predicted molar refractivity (Wildman–Crippen MR) is 96.0 cm³/mol. The van der Waals surface area contributed by atoms with E-state index < -0.39 is 0 Å². The van der Waals surface area contributed by atoms with Gasteiger partial charge in [0.05, 0.1) is 35.8 Å². The zero-order valence-corrected chi connectivity index (χ0v) is 14.7. The van der Waals surface area contributed by atoms with Crippen molar-refractivity contribution in [2.75, 3.05) is 7.11 Å². The summed E-state index contributed by atoms with van der Waals surface area (Å²) in [6.45, 7) is 0.962. The van der Waals surface area contributed by atoms with Crippen LogP contribution >= 0.6 is 0 Å². The Morgan fingerprint density at radius 1 is 1.32 bits per heavy atom. The average Bonchev–Trinajstić information content (AvgIpc) is 3.04. The minimum Gasteiger partial charge on any atom is -0.378 e. The number of methoxy groups -OCH3 is 1. The van der Waals surface area contributed by atoms with Gasteiger partial charge in [0, 0.05) is 19.2 Å². The van der Waals surface area contributed by atoms with E-state index in [2.05, 4.69) is 27.0 Å². The molecule has 0 saturated heterocycles. The summed E-state index contributed by atoms with van der Waals surface area (Å²) in [6, 6.07) is 10.2. The molecule has 1 unspecified atom stereocenters. The van der Waals surface area contributed by atoms with Crippen molar-refractivity contribution < 1.29 is 9.53 Å². The highest BCUT2D eigenvalue weighted by Gasteiger charge is 2.39. The molecule has 5 nitrogen and oxygen atoms in total. The molecule has 1 saturated carbocycles. The maximum Gasteiger partial charge on any atom is 0.223 e. The monoisotopic (exact) mass is 339 g/mol. The number of fused-ring (bicyclic) bond motifs is 1. The lowest BCUT2D eigenvalue weighted by molar-refractivity contribution is -0.135. The summed E-state index contributed by atoms with van der Waals surface area (Å²) in [5.41, 5.74) is 2.98. The van der Waals surface area contributed by atoms with Gasteiger partial charge in [0.1, 0.15) is 0 Å². The first-order valence-corrected chi connectivity index (χ1v) is 9.16. The second-order valence-electron chi connectivity index (χ2n) is 7.22. The molecule has 1 atom stereocenters. The fraction of sp³-hybridized carbons (Fsp3) is 0.500. The van der Waals surface area contributed by atoms with E-state index in [0.29, 0.717) is 6.42 Å². The third-order valence-corrected chi connectivity index (χ3v) is 5.66. The van der Waals surface area contributed by atoms with E-state index in [-0.39, 0.29) is 17.6 Å². The van der Waals surface area contributed by atoms with E-state index in [1.807, 2.05) is 24.5 Å². The number of rotatable bonds is 5. The third kappa shape index (κ3) is 3.09. The Morgan fingerprint density at radius 3 is 2.80 bits per heavy atom. The van der Waals surface area contributed by atoms with Crippen LogP contribution in [0.15, 0.2) is 36.7 Å². The lowest BCUT2D eigenvalue weighted by Crippen LogP contribution is -2.45. The highest BCUT2D eigenvalue weighted by Crippen LogP contribution is 2.39. The van der Waals surface area contributed by atoms with Crippen LogP contribution in [0, 0.1) is 0 Å². The molecule has 0 spiro atoms. The quantitative estimate of drug-likeness (QED) is 0.907. The number of carbonyl (C=O) groups excluding carboxylic acids is 1. The zero-order valence-electron chi connectivity index (χ0n) is 14.7. The van der Waals surface area contributed by atoms with Crippen molar-refractivity contribution in [1.29, 1.82) is 0 Å². The van der Waals surface area contributed by atoms with Crippen LogP contribution in [0.5, 0.6) is 0 Å². The van der Waals surface area contributed by atoms with Crippen LogP contribution in [-0.4, -0.2) is 28.2 Å². The molecule has 132 valence electrons. The Kier molecular flexibility index (Phi) is 4.34. The van der Waals surface area contributed by atoms with Gasteiger partial charge >= 0.3 is 0 Å². The van der Waals surface area contributed by atoms with Crippen LogP contribution in [0.25, 0.3) is 11.3 Å². The van der Waals surface area contributed by atoms with Gasteiger partial charge in [0.15, 0.2) is 0 Å². The average molecular weight is 339 g/mol. The van der Waals surface area contributed by atoms with Crippen LogP contribution in [-0.2, 0) is 16.1 Å². The molecule has 0 radical (unpaired) electrons. The molecule has 0 bridgehead atoms. The summed E-state index contributed by atoms with van der Waals surface area (Å²) in [5, 5.41) is 3.25. The largest absolute Gasteiger partial charge is 0.378 e. The molecular formula is C20H25N3O2. The van der Waals surface area contributed by atoms with E-state index in [1.54, 1.807) is 7.11 Å². The molecule has 1 N–H and O–H groups in total. The number of carbonyl (C=O) groups is 1. The normalized spacial score (nSPS) is 21.2. The van der Waals surface area contributed by atoms with E-state index >= 15 is 0 Å². The first-order chi connectivity index (χ1) is 12.2. The standard InChI is InChI=1S/C20H25N3O2/c1-25-20(10-6-11-20)13-17(24)22-16-9-5-12-23-14-21-18(19(16)23)15-7-3-2-4-8-15/h2-4,7-8,14,16H,5-6,9-13H2,1H3,(H,22,24). The molecule has 1 fully saturated rings. The number of hydrogen-bond acceptors (Lipinski definition) is 3. The summed E-state index contributed by atoms with van der Waals surface area (Å²) in [5.74, 6) is 0.0835. The summed E-state index contributed by atoms with van der Waals surface area (Å²) >= 11 is 0. The highest BCUT2D eigenvalue weighted by atomic mass is 16.5. The van der Waals surface area contributed by atoms with Crippen molar-refractivity contribution in [3.8, 4) is 11.3 Å². The van der Waals surface area contributed by atoms with Crippen molar-refractivity contribution >= 4 is 5.91 Å². The Balaban J connectivity index is 1.55. The molecule has 5 heteroatoms. The van der Waals surface area contributed by atoms with Gasteiger partial charge in [0.2, 0.25) is 5.91 Å². The highest BCUT2D eigenvalue weighted by molar-refractivity contribution is 5.78. The molecular weight excluding hydrogens is 314 g/mol. The summed E-state index contributed by atoms with van der Waals surface area (Å²) in [6.07, 6.45) is 7.47. The SMILES string of the molecule is COC1(CC(=O)NC2CCCn3cnc(-c4ccccc4)c32)CCC1. The topological polar surface area (TPSA) is 56.1 Å². The van der Waals surface area contributed by atoms with Crippen LogP contribution in [0.4, 0.5) is 0 Å². The van der Waals surface area contributed by atoms with Gasteiger partial charge in [-0.15, -0.1) is 0 Å².